The van der Waals surface area contributed by atoms with E-state index in [1.165, 1.54) is 11.3 Å². The maximum absolute atomic E-state index is 12.2. The van der Waals surface area contributed by atoms with Crippen molar-refractivity contribution in [3.63, 3.8) is 0 Å². The zero-order valence-corrected chi connectivity index (χ0v) is 14.5. The van der Waals surface area contributed by atoms with E-state index < -0.39 is 10.0 Å². The Hall–Kier alpha value is -0.430. The van der Waals surface area contributed by atoms with Crippen molar-refractivity contribution in [1.82, 2.24) is 10.0 Å². The average molecular weight is 319 g/mol. The van der Waals surface area contributed by atoms with Gasteiger partial charge in [0, 0.05) is 18.0 Å². The minimum Gasteiger partial charge on any atom is -0.315 e. The van der Waals surface area contributed by atoms with Crippen molar-refractivity contribution in [1.29, 1.82) is 0 Å². The molecule has 0 aromatic carbocycles. The first-order valence-corrected chi connectivity index (χ1v) is 9.40. The zero-order valence-electron chi connectivity index (χ0n) is 12.8. The molecule has 0 aliphatic heterocycles. The normalized spacial score (nSPS) is 12.2. The fourth-order valence-corrected chi connectivity index (χ4v) is 4.63. The van der Waals surface area contributed by atoms with Gasteiger partial charge in [0.2, 0.25) is 10.0 Å². The first-order chi connectivity index (χ1) is 9.36. The lowest BCUT2D eigenvalue weighted by Crippen LogP contribution is -2.24. The predicted octanol–water partition coefficient (Wildman–Crippen LogP) is 2.88. The molecule has 0 saturated heterocycles. The Morgan fingerprint density at radius 2 is 2.00 bits per heavy atom. The number of nitrogens with one attached hydrogen (secondary N) is 2. The van der Waals surface area contributed by atoms with Crippen LogP contribution in [0.1, 0.15) is 43.6 Å². The van der Waals surface area contributed by atoms with Crippen LogP contribution in [0, 0.1) is 12.8 Å². The van der Waals surface area contributed by atoms with Crippen LogP contribution in [-0.2, 0) is 16.6 Å². The van der Waals surface area contributed by atoms with E-state index in [2.05, 4.69) is 23.9 Å². The van der Waals surface area contributed by atoms with Gasteiger partial charge in [-0.25, -0.2) is 13.1 Å². The van der Waals surface area contributed by atoms with E-state index in [0.717, 1.165) is 29.7 Å². The van der Waals surface area contributed by atoms with Crippen LogP contribution in [0.4, 0.5) is 0 Å². The third-order valence-electron chi connectivity index (χ3n) is 3.10. The molecule has 0 radical (unpaired) electrons. The van der Waals surface area contributed by atoms with Crippen LogP contribution in [0.3, 0.4) is 0 Å². The van der Waals surface area contributed by atoms with Crippen LogP contribution in [0.25, 0.3) is 0 Å². The van der Waals surface area contributed by atoms with Crippen LogP contribution < -0.4 is 10.0 Å². The highest BCUT2D eigenvalue weighted by Gasteiger charge is 2.18. The zero-order chi connectivity index (χ0) is 15.2. The highest BCUT2D eigenvalue weighted by atomic mass is 32.2. The Labute approximate surface area is 127 Å². The average Bonchev–Trinajstić information content (AvgIpc) is 2.71. The highest BCUT2D eigenvalue weighted by Crippen LogP contribution is 2.25. The van der Waals surface area contributed by atoms with Crippen molar-refractivity contribution in [2.45, 2.75) is 50.8 Å². The summed E-state index contributed by atoms with van der Waals surface area (Å²) in [6.45, 7) is 7.54. The summed E-state index contributed by atoms with van der Waals surface area (Å²) in [7, 11) is -1.48. The van der Waals surface area contributed by atoms with Crippen LogP contribution >= 0.6 is 11.3 Å². The molecule has 1 heterocycles. The predicted molar refractivity (Wildman–Crippen MR) is 85.7 cm³/mol. The fraction of sp³-hybridized carbons (Fsp3) is 0.714. The summed E-state index contributed by atoms with van der Waals surface area (Å²) in [5, 5.41) is 3.06. The fourth-order valence-electron chi connectivity index (χ4n) is 1.91. The number of aryl methyl sites for hydroxylation is 1. The third-order valence-corrected chi connectivity index (χ3v) is 6.27. The second-order valence-corrected chi connectivity index (χ2v) is 8.62. The summed E-state index contributed by atoms with van der Waals surface area (Å²) in [4.78, 5) is 1.08. The maximum Gasteiger partial charge on any atom is 0.250 e. The molecule has 1 aromatic heterocycles. The van der Waals surface area contributed by atoms with E-state index in [0.29, 0.717) is 23.2 Å². The van der Waals surface area contributed by atoms with Gasteiger partial charge in [-0.1, -0.05) is 26.7 Å². The molecule has 0 spiro atoms. The van der Waals surface area contributed by atoms with Gasteiger partial charge in [0.05, 0.1) is 0 Å². The SMILES string of the molecule is CNCc1sc(S(=O)(=O)NCCCCC(C)C)cc1C. The van der Waals surface area contributed by atoms with Crippen LogP contribution in [0.2, 0.25) is 0 Å². The summed E-state index contributed by atoms with van der Waals surface area (Å²) >= 11 is 1.35. The van der Waals surface area contributed by atoms with Crippen molar-refractivity contribution in [3.8, 4) is 0 Å². The summed E-state index contributed by atoms with van der Waals surface area (Å²) in [6, 6.07) is 1.76. The van der Waals surface area contributed by atoms with Gasteiger partial charge in [0.25, 0.3) is 0 Å². The van der Waals surface area contributed by atoms with Gasteiger partial charge in [0.1, 0.15) is 4.21 Å². The lowest BCUT2D eigenvalue weighted by Gasteiger charge is -2.06. The topological polar surface area (TPSA) is 58.2 Å². The van der Waals surface area contributed by atoms with Gasteiger partial charge in [0.15, 0.2) is 0 Å². The number of unbranched alkanes of at least 4 members (excludes halogenated alkanes) is 1. The first kappa shape index (κ1) is 17.6. The minimum absolute atomic E-state index is 0.420. The monoisotopic (exact) mass is 318 g/mol. The Bertz CT molecular complexity index is 507. The number of thiophene rings is 1. The number of hydrogen-bond donors (Lipinski definition) is 2. The number of sulfonamides is 1. The van der Waals surface area contributed by atoms with Gasteiger partial charge < -0.3 is 5.32 Å². The van der Waals surface area contributed by atoms with Crippen molar-refractivity contribution in [2.24, 2.45) is 5.92 Å². The highest BCUT2D eigenvalue weighted by molar-refractivity contribution is 7.91. The van der Waals surface area contributed by atoms with Crippen LogP contribution in [0.15, 0.2) is 10.3 Å². The molecule has 116 valence electrons. The second kappa shape index (κ2) is 8.12. The molecule has 0 unspecified atom stereocenters. The molecule has 0 bridgehead atoms. The van der Waals surface area contributed by atoms with E-state index in [-0.39, 0.29) is 0 Å². The Balaban J connectivity index is 2.54. The molecule has 0 saturated carbocycles. The quantitative estimate of drug-likeness (QED) is 0.688. The van der Waals surface area contributed by atoms with Crippen molar-refractivity contribution < 1.29 is 8.42 Å². The molecule has 0 amide bonds. The maximum atomic E-state index is 12.2. The van der Waals surface area contributed by atoms with Crippen LogP contribution in [0.5, 0.6) is 0 Å². The molecule has 2 N–H and O–H groups in total. The van der Waals surface area contributed by atoms with Gasteiger partial charge in [-0.15, -0.1) is 11.3 Å². The third kappa shape index (κ3) is 5.52. The van der Waals surface area contributed by atoms with Gasteiger partial charge in [-0.05, 0) is 37.9 Å². The Kier molecular flexibility index (Phi) is 7.15. The molecule has 4 nitrogen and oxygen atoms in total. The number of hydrogen-bond acceptors (Lipinski definition) is 4. The largest absolute Gasteiger partial charge is 0.315 e. The smallest absolute Gasteiger partial charge is 0.250 e. The molecule has 0 fully saturated rings. The van der Waals surface area contributed by atoms with E-state index in [9.17, 15) is 8.42 Å². The van der Waals surface area contributed by atoms with Gasteiger partial charge in [-0.2, -0.15) is 0 Å². The molecule has 0 aliphatic carbocycles. The van der Waals surface area contributed by atoms with Gasteiger partial charge in [-0.3, -0.25) is 0 Å². The summed E-state index contributed by atoms with van der Waals surface area (Å²) in [5.41, 5.74) is 1.03. The molecular formula is C14H26N2O2S2. The lowest BCUT2D eigenvalue weighted by molar-refractivity contribution is 0.531. The summed E-state index contributed by atoms with van der Waals surface area (Å²) in [6.07, 6.45) is 3.10. The van der Waals surface area contributed by atoms with E-state index in [1.54, 1.807) is 6.07 Å². The molecule has 0 atom stereocenters. The standard InChI is InChI=1S/C14H26N2O2S2/c1-11(2)7-5-6-8-16-20(17,18)14-9-12(3)13(19-14)10-15-4/h9,11,15-16H,5-8,10H2,1-4H3. The molecular weight excluding hydrogens is 292 g/mol. The summed E-state index contributed by atoms with van der Waals surface area (Å²) < 4.78 is 27.5. The Morgan fingerprint density at radius 3 is 2.60 bits per heavy atom. The molecule has 20 heavy (non-hydrogen) atoms. The summed E-state index contributed by atoms with van der Waals surface area (Å²) in [5.74, 6) is 0.677. The van der Waals surface area contributed by atoms with Crippen molar-refractivity contribution in [2.75, 3.05) is 13.6 Å². The van der Waals surface area contributed by atoms with Gasteiger partial charge >= 0.3 is 0 Å². The van der Waals surface area contributed by atoms with Crippen molar-refractivity contribution >= 4 is 21.4 Å². The molecule has 1 rings (SSSR count). The molecule has 6 heteroatoms. The van der Waals surface area contributed by atoms with E-state index in [1.807, 2.05) is 14.0 Å². The van der Waals surface area contributed by atoms with Crippen molar-refractivity contribution in [3.05, 3.63) is 16.5 Å². The number of rotatable bonds is 9. The second-order valence-electron chi connectivity index (χ2n) is 5.49. The van der Waals surface area contributed by atoms with E-state index >= 15 is 0 Å². The van der Waals surface area contributed by atoms with Crippen LogP contribution in [-0.4, -0.2) is 22.0 Å². The van der Waals surface area contributed by atoms with E-state index in [4.69, 9.17) is 0 Å². The lowest BCUT2D eigenvalue weighted by atomic mass is 10.1. The minimum atomic E-state index is -3.34. The molecule has 0 aliphatic rings. The first-order valence-electron chi connectivity index (χ1n) is 7.10. The Morgan fingerprint density at radius 1 is 1.30 bits per heavy atom. The molecule has 1 aromatic rings.